The number of carbonyl (C=O) groups excluding carboxylic acids is 1. The van der Waals surface area contributed by atoms with E-state index in [2.05, 4.69) is 162 Å². The van der Waals surface area contributed by atoms with Crippen molar-refractivity contribution in [3.63, 3.8) is 0 Å². The number of carbonyl (C=O) groups is 1. The fourth-order valence-corrected chi connectivity index (χ4v) is 10.1. The number of benzene rings is 4. The molecule has 0 radical (unpaired) electrons. The van der Waals surface area contributed by atoms with Gasteiger partial charge in [0.1, 0.15) is 30.3 Å². The maximum atomic E-state index is 12.2. The van der Waals surface area contributed by atoms with Crippen LogP contribution in [-0.2, 0) is 28.4 Å². The van der Waals surface area contributed by atoms with Gasteiger partial charge in [-0.2, -0.15) is 0 Å². The quantitative estimate of drug-likeness (QED) is 0.0379. The molecular formula is C65H102N2O8. The van der Waals surface area contributed by atoms with Crippen LogP contribution in [0.1, 0.15) is 197 Å². The monoisotopic (exact) mass is 1040 g/mol. The molecule has 0 spiro atoms. The van der Waals surface area contributed by atoms with E-state index in [9.17, 15) is 20.1 Å². The molecule has 10 heteroatoms. The molecule has 75 heavy (non-hydrogen) atoms. The molecule has 4 atom stereocenters. The van der Waals surface area contributed by atoms with Crippen LogP contribution in [0.5, 0.6) is 11.5 Å². The number of alkyl carbamates (subject to hydrolysis) is 1. The molecule has 1 amide bonds. The van der Waals surface area contributed by atoms with Crippen LogP contribution in [0.15, 0.2) is 72.8 Å². The zero-order chi connectivity index (χ0) is 56.5. The third-order valence-corrected chi connectivity index (χ3v) is 15.6. The highest BCUT2D eigenvalue weighted by Gasteiger charge is 2.34. The van der Waals surface area contributed by atoms with Gasteiger partial charge in [0.25, 0.3) is 0 Å². The molecule has 0 aliphatic heterocycles. The topological polar surface area (TPSA) is 164 Å². The summed E-state index contributed by atoms with van der Waals surface area (Å²) in [5.41, 5.74) is 17.5. The Morgan fingerprint density at radius 2 is 0.893 bits per heavy atom. The fourth-order valence-electron chi connectivity index (χ4n) is 10.1. The number of amides is 1. The first-order chi connectivity index (χ1) is 35.0. The Balaban J connectivity index is 0.000000402. The largest absolute Gasteiger partial charge is 0.492 e. The van der Waals surface area contributed by atoms with Crippen molar-refractivity contribution in [2.24, 2.45) is 16.6 Å². The summed E-state index contributed by atoms with van der Waals surface area (Å²) in [7, 11) is 0. The highest BCUT2D eigenvalue weighted by molar-refractivity contribution is 5.68. The van der Waals surface area contributed by atoms with Gasteiger partial charge >= 0.3 is 6.09 Å². The van der Waals surface area contributed by atoms with Crippen LogP contribution in [0, 0.1) is 38.5 Å². The van der Waals surface area contributed by atoms with E-state index in [4.69, 9.17) is 25.1 Å². The second-order valence-electron chi connectivity index (χ2n) is 24.4. The first kappa shape index (κ1) is 64.8. The van der Waals surface area contributed by atoms with Gasteiger partial charge in [-0.3, -0.25) is 0 Å². The predicted octanol–water partition coefficient (Wildman–Crippen LogP) is 13.2. The molecule has 4 aromatic rings. The highest BCUT2D eigenvalue weighted by atomic mass is 16.6. The maximum Gasteiger partial charge on any atom is 0.407 e. The summed E-state index contributed by atoms with van der Waals surface area (Å²) in [6.07, 6.45) is 6.97. The van der Waals surface area contributed by atoms with Crippen molar-refractivity contribution in [3.05, 3.63) is 128 Å². The van der Waals surface area contributed by atoms with Crippen molar-refractivity contribution in [3.8, 4) is 11.5 Å². The zero-order valence-electron chi connectivity index (χ0n) is 49.6. The van der Waals surface area contributed by atoms with Gasteiger partial charge in [0.15, 0.2) is 0 Å². The molecule has 0 aliphatic carbocycles. The van der Waals surface area contributed by atoms with Crippen molar-refractivity contribution in [1.29, 1.82) is 0 Å². The molecule has 420 valence electrons. The van der Waals surface area contributed by atoms with E-state index < -0.39 is 11.7 Å². The molecule has 7 N–H and O–H groups in total. The Bertz CT molecular complexity index is 2360. The van der Waals surface area contributed by atoms with Crippen molar-refractivity contribution in [2.45, 2.75) is 223 Å². The van der Waals surface area contributed by atoms with E-state index in [1.807, 2.05) is 33.8 Å². The lowest BCUT2D eigenvalue weighted by molar-refractivity contribution is 0.0478. The van der Waals surface area contributed by atoms with Crippen LogP contribution in [-0.4, -0.2) is 82.8 Å². The smallest absolute Gasteiger partial charge is 0.407 e. The highest BCUT2D eigenvalue weighted by Crippen LogP contribution is 2.43. The molecule has 0 bridgehead atoms. The van der Waals surface area contributed by atoms with Crippen LogP contribution in [0.2, 0.25) is 0 Å². The van der Waals surface area contributed by atoms with Crippen LogP contribution in [0.25, 0.3) is 0 Å². The van der Waals surface area contributed by atoms with Crippen molar-refractivity contribution in [1.82, 2.24) is 5.32 Å². The summed E-state index contributed by atoms with van der Waals surface area (Å²) in [5.74, 6) is 1.61. The average Bonchev–Trinajstić information content (AvgIpc) is 3.33. The van der Waals surface area contributed by atoms with Crippen LogP contribution < -0.4 is 20.5 Å². The average molecular weight is 1040 g/mol. The Hall–Kier alpha value is -4.45. The maximum absolute atomic E-state index is 12.2. The molecule has 0 heterocycles. The number of nitrogens with one attached hydrogen (secondary N) is 1. The minimum Gasteiger partial charge on any atom is -0.492 e. The van der Waals surface area contributed by atoms with E-state index in [1.165, 1.54) is 44.5 Å². The van der Waals surface area contributed by atoms with Gasteiger partial charge in [0.05, 0.1) is 18.2 Å². The lowest BCUT2D eigenvalue weighted by atomic mass is 9.69. The van der Waals surface area contributed by atoms with Crippen molar-refractivity contribution in [2.75, 3.05) is 26.4 Å². The van der Waals surface area contributed by atoms with Crippen LogP contribution in [0.4, 0.5) is 4.79 Å². The molecular weight excluding hydrogens is 937 g/mol. The van der Waals surface area contributed by atoms with Gasteiger partial charge < -0.3 is 45.7 Å². The molecule has 2 unspecified atom stereocenters. The van der Waals surface area contributed by atoms with E-state index >= 15 is 0 Å². The zero-order valence-corrected chi connectivity index (χ0v) is 49.6. The van der Waals surface area contributed by atoms with Gasteiger partial charge in [-0.05, 0) is 191 Å². The third-order valence-electron chi connectivity index (χ3n) is 15.6. The fraction of sp³-hybridized carbons (Fsp3) is 0.615. The summed E-state index contributed by atoms with van der Waals surface area (Å²) in [6.45, 7) is 36.1. The SMILES string of the molecule is CCC(CC)(c1ccc(CCC(O)C(C)(C)C)c(C)c1)c1ccc(OC[C@@H](N)CCO)c(C)c1.CCC(CC)(c1ccc(CCC(O)C(C)(C)C)c(C)c1)c1ccc(OC[C@H](CCO)NC(=O)OC(C)(C)C)c(C)c1. The number of rotatable bonds is 25. The Kier molecular flexibility index (Phi) is 24.9. The molecule has 0 fully saturated rings. The standard InChI is InChI=1S/C35H55NO5.C30H47NO3/c1-11-35(12-2,27-15-13-26(24(3)21-27)14-18-31(38)33(5,6)7)28-16-17-30(25(4)22-28)40-23-29(19-20-37)36-32(39)41-34(8,9)10;1-8-30(9-2,25-13-14-27(22(4)19-25)34-20-26(31)16-17-32)24-12-10-23(21(3)18-24)11-15-28(33)29(5,6)7/h13,15-17,21-22,29,31,37-38H,11-12,14,18-20,23H2,1-10H3,(H,36,39);10,12-14,18-19,26,28,32-33H,8-9,11,15-17,20,31H2,1-7H3/t29-,31?;26-,28?/m00/s1. The van der Waals surface area contributed by atoms with Gasteiger partial charge in [-0.1, -0.05) is 130 Å². The summed E-state index contributed by atoms with van der Waals surface area (Å²) in [5, 5.41) is 42.3. The normalized spacial score (nSPS) is 14.1. The minimum atomic E-state index is -0.597. The summed E-state index contributed by atoms with van der Waals surface area (Å²) in [4.78, 5) is 12.2. The van der Waals surface area contributed by atoms with E-state index in [0.717, 1.165) is 74.0 Å². The number of aliphatic hydroxyl groups excluding tert-OH is 4. The first-order valence-corrected chi connectivity index (χ1v) is 28.0. The number of hydrogen-bond acceptors (Lipinski definition) is 9. The molecule has 10 nitrogen and oxygen atoms in total. The summed E-state index contributed by atoms with van der Waals surface area (Å²) in [6, 6.07) is 26.1. The predicted molar refractivity (Wildman–Crippen MR) is 311 cm³/mol. The van der Waals surface area contributed by atoms with E-state index in [-0.39, 0.29) is 65.8 Å². The summed E-state index contributed by atoms with van der Waals surface area (Å²) < 4.78 is 17.4. The van der Waals surface area contributed by atoms with E-state index in [0.29, 0.717) is 19.4 Å². The molecule has 4 rings (SSSR count). The Labute approximate surface area is 454 Å². The molecule has 0 saturated carbocycles. The Morgan fingerprint density at radius 3 is 1.21 bits per heavy atom. The molecule has 0 aromatic heterocycles. The van der Waals surface area contributed by atoms with Crippen molar-refractivity contribution < 1.29 is 39.4 Å². The first-order valence-electron chi connectivity index (χ1n) is 28.0. The van der Waals surface area contributed by atoms with Crippen LogP contribution in [0.3, 0.4) is 0 Å². The number of ether oxygens (including phenoxy) is 3. The van der Waals surface area contributed by atoms with Crippen molar-refractivity contribution >= 4 is 6.09 Å². The minimum absolute atomic E-state index is 0.0629. The lowest BCUT2D eigenvalue weighted by Gasteiger charge is -2.34. The Morgan fingerprint density at radius 1 is 0.533 bits per heavy atom. The molecule has 4 aromatic carbocycles. The number of aliphatic hydroxyl groups is 4. The van der Waals surface area contributed by atoms with Gasteiger partial charge in [-0.25, -0.2) is 4.79 Å². The second-order valence-corrected chi connectivity index (χ2v) is 24.4. The van der Waals surface area contributed by atoms with E-state index in [1.54, 1.807) is 0 Å². The molecule has 0 aliphatic rings. The molecule has 0 saturated heterocycles. The second kappa shape index (κ2) is 28.8. The number of aryl methyl sites for hydroxylation is 6. The number of hydrogen-bond donors (Lipinski definition) is 6. The lowest BCUT2D eigenvalue weighted by Crippen LogP contribution is -2.42. The van der Waals surface area contributed by atoms with Gasteiger partial charge in [0.2, 0.25) is 0 Å². The van der Waals surface area contributed by atoms with Crippen LogP contribution >= 0.6 is 0 Å². The third kappa shape index (κ3) is 18.6. The van der Waals surface area contributed by atoms with Gasteiger partial charge in [-0.15, -0.1) is 0 Å². The van der Waals surface area contributed by atoms with Gasteiger partial charge in [0, 0.05) is 30.1 Å². The number of nitrogens with two attached hydrogens (primary N) is 1. The summed E-state index contributed by atoms with van der Waals surface area (Å²) >= 11 is 0.